The minimum Gasteiger partial charge on any atom is -0.339 e. The van der Waals surface area contributed by atoms with Gasteiger partial charge in [0.2, 0.25) is 5.91 Å². The van der Waals surface area contributed by atoms with Gasteiger partial charge in [0, 0.05) is 54.2 Å². The van der Waals surface area contributed by atoms with E-state index in [1.54, 1.807) is 12.1 Å². The molecule has 1 aromatic heterocycles. The van der Waals surface area contributed by atoms with Gasteiger partial charge in [0.15, 0.2) is 0 Å². The van der Waals surface area contributed by atoms with Crippen molar-refractivity contribution < 1.29 is 9.18 Å². The summed E-state index contributed by atoms with van der Waals surface area (Å²) in [5, 5.41) is 1.71. The predicted octanol–water partition coefficient (Wildman–Crippen LogP) is 6.25. The minimum atomic E-state index is -0.203. The van der Waals surface area contributed by atoms with Crippen LogP contribution in [0.5, 0.6) is 0 Å². The van der Waals surface area contributed by atoms with Gasteiger partial charge in [0.25, 0.3) is 0 Å². The maximum absolute atomic E-state index is 14.6. The number of hydrogen-bond acceptors (Lipinski definition) is 3. The summed E-state index contributed by atoms with van der Waals surface area (Å²) in [7, 11) is 2.11. The zero-order valence-corrected chi connectivity index (χ0v) is 23.8. The van der Waals surface area contributed by atoms with Crippen LogP contribution in [0.15, 0.2) is 72.8 Å². The number of rotatable bonds is 6. The van der Waals surface area contributed by atoms with Crippen LogP contribution < -0.4 is 0 Å². The van der Waals surface area contributed by atoms with E-state index in [1.807, 2.05) is 11.0 Å². The molecule has 6 rings (SSSR count). The van der Waals surface area contributed by atoms with E-state index < -0.39 is 0 Å². The lowest BCUT2D eigenvalue weighted by atomic mass is 9.88. The summed E-state index contributed by atoms with van der Waals surface area (Å²) in [5.41, 5.74) is 5.23. The first-order chi connectivity index (χ1) is 19.5. The molecule has 0 aliphatic carbocycles. The van der Waals surface area contributed by atoms with Crippen LogP contribution >= 0.6 is 11.6 Å². The number of hydrogen-bond donors (Lipinski definition) is 0. The molecule has 5 nitrogen and oxygen atoms in total. The fourth-order valence-corrected chi connectivity index (χ4v) is 6.74. The number of aromatic nitrogens is 1. The van der Waals surface area contributed by atoms with E-state index in [-0.39, 0.29) is 17.6 Å². The highest BCUT2D eigenvalue weighted by Gasteiger charge is 2.28. The second kappa shape index (κ2) is 11.7. The monoisotopic (exact) mass is 558 g/mol. The van der Waals surface area contributed by atoms with Crippen molar-refractivity contribution in [2.45, 2.75) is 31.8 Å². The number of halogens is 2. The van der Waals surface area contributed by atoms with Crippen molar-refractivity contribution in [3.8, 4) is 11.3 Å². The summed E-state index contributed by atoms with van der Waals surface area (Å²) in [6.07, 6.45) is 1.73. The van der Waals surface area contributed by atoms with Crippen molar-refractivity contribution in [2.24, 2.45) is 0 Å². The van der Waals surface area contributed by atoms with Gasteiger partial charge in [0.1, 0.15) is 12.4 Å². The molecule has 0 atom stereocenters. The van der Waals surface area contributed by atoms with Crippen molar-refractivity contribution in [1.82, 2.24) is 19.3 Å². The molecule has 7 heteroatoms. The fourth-order valence-electron chi connectivity index (χ4n) is 6.42. The number of likely N-dealkylation sites (tertiary alicyclic amines) is 1. The van der Waals surface area contributed by atoms with Crippen LogP contribution in [-0.2, 0) is 17.9 Å². The Labute approximate surface area is 240 Å². The van der Waals surface area contributed by atoms with Gasteiger partial charge >= 0.3 is 0 Å². The number of piperidine rings is 1. The number of para-hydroxylation sites is 1. The molecule has 0 N–H and O–H groups in total. The first kappa shape index (κ1) is 27.0. The van der Waals surface area contributed by atoms with Crippen LogP contribution in [-0.4, -0.2) is 71.5 Å². The molecule has 0 bridgehead atoms. The lowest BCUT2D eigenvalue weighted by molar-refractivity contribution is -0.133. The Balaban J connectivity index is 1.31. The summed E-state index contributed by atoms with van der Waals surface area (Å²) in [5.74, 6) is 0.0895. The van der Waals surface area contributed by atoms with E-state index in [4.69, 9.17) is 11.6 Å². The smallest absolute Gasteiger partial charge is 0.242 e. The van der Waals surface area contributed by atoms with Gasteiger partial charge in [-0.3, -0.25) is 9.69 Å². The molecule has 4 aromatic rings. The zero-order valence-electron chi connectivity index (χ0n) is 23.0. The molecular weight excluding hydrogens is 523 g/mol. The molecule has 2 aliphatic heterocycles. The molecule has 0 saturated carbocycles. The Hall–Kier alpha value is -3.19. The van der Waals surface area contributed by atoms with Gasteiger partial charge in [-0.15, -0.1) is 0 Å². The molecule has 0 radical (unpaired) electrons. The minimum absolute atomic E-state index is 0.126. The first-order valence-corrected chi connectivity index (χ1v) is 14.7. The second-order valence-corrected chi connectivity index (χ2v) is 11.6. The Bertz CT molecular complexity index is 1470. The lowest BCUT2D eigenvalue weighted by Gasteiger charge is -2.33. The van der Waals surface area contributed by atoms with Crippen molar-refractivity contribution >= 4 is 28.4 Å². The molecule has 1 amide bonds. The highest BCUT2D eigenvalue weighted by Crippen LogP contribution is 2.38. The molecule has 2 saturated heterocycles. The van der Waals surface area contributed by atoms with Gasteiger partial charge in [-0.2, -0.15) is 0 Å². The summed E-state index contributed by atoms with van der Waals surface area (Å²) in [4.78, 5) is 20.3. The van der Waals surface area contributed by atoms with Gasteiger partial charge in [-0.05, 0) is 68.2 Å². The lowest BCUT2D eigenvalue weighted by Crippen LogP contribution is -2.48. The molecule has 0 spiro atoms. The Morgan fingerprint density at radius 1 is 0.875 bits per heavy atom. The van der Waals surface area contributed by atoms with Gasteiger partial charge in [-0.1, -0.05) is 66.2 Å². The number of amides is 1. The highest BCUT2D eigenvalue weighted by atomic mass is 35.5. The molecule has 3 aromatic carbocycles. The van der Waals surface area contributed by atoms with Crippen molar-refractivity contribution in [2.75, 3.05) is 46.3 Å². The van der Waals surface area contributed by atoms with E-state index in [2.05, 4.69) is 69.9 Å². The largest absolute Gasteiger partial charge is 0.339 e. The normalized spacial score (nSPS) is 17.5. The molecule has 3 heterocycles. The van der Waals surface area contributed by atoms with Crippen LogP contribution in [0.25, 0.3) is 22.2 Å². The molecule has 2 aliphatic rings. The van der Waals surface area contributed by atoms with Crippen LogP contribution in [0.2, 0.25) is 5.02 Å². The topological polar surface area (TPSA) is 31.7 Å². The third kappa shape index (κ3) is 5.40. The van der Waals surface area contributed by atoms with Crippen LogP contribution in [0, 0.1) is 5.82 Å². The maximum Gasteiger partial charge on any atom is 0.242 e. The summed E-state index contributed by atoms with van der Waals surface area (Å²) in [6, 6.07) is 23.9. The van der Waals surface area contributed by atoms with Gasteiger partial charge < -0.3 is 14.4 Å². The van der Waals surface area contributed by atoms with E-state index in [0.29, 0.717) is 17.1 Å². The first-order valence-electron chi connectivity index (χ1n) is 14.3. The fraction of sp³-hybridized carbons (Fsp3) is 0.364. The van der Waals surface area contributed by atoms with Crippen molar-refractivity contribution in [1.29, 1.82) is 0 Å². The van der Waals surface area contributed by atoms with Crippen LogP contribution in [0.3, 0.4) is 0 Å². The highest BCUT2D eigenvalue weighted by molar-refractivity contribution is 6.31. The van der Waals surface area contributed by atoms with Crippen LogP contribution in [0.4, 0.5) is 4.39 Å². The number of carbonyl (C=O) groups is 1. The Kier molecular flexibility index (Phi) is 7.92. The molecule has 0 unspecified atom stereocenters. The Morgan fingerprint density at radius 3 is 2.30 bits per heavy atom. The number of piperazine rings is 1. The Morgan fingerprint density at radius 2 is 1.57 bits per heavy atom. The predicted molar refractivity (Wildman–Crippen MR) is 160 cm³/mol. The number of carbonyl (C=O) groups excluding carboxylic acids is 1. The van der Waals surface area contributed by atoms with Gasteiger partial charge in [-0.25, -0.2) is 4.39 Å². The average Bonchev–Trinajstić information content (AvgIpc) is 3.27. The van der Waals surface area contributed by atoms with Gasteiger partial charge in [0.05, 0.1) is 5.69 Å². The van der Waals surface area contributed by atoms with Crippen molar-refractivity contribution in [3.63, 3.8) is 0 Å². The number of benzene rings is 3. The van der Waals surface area contributed by atoms with Crippen LogP contribution in [0.1, 0.15) is 29.9 Å². The number of fused-ring (bicyclic) bond motifs is 1. The standard InChI is InChI=1S/C33H36ClFN4O/c1-36-18-20-38(21-19-36)31(40)23-39-30-13-6-5-10-26(30)27(33(39)25-8-3-2-4-9-25)22-37-16-14-24(15-17-37)32-28(34)11-7-12-29(32)35/h2-13,24H,14-23H2,1H3. The third-order valence-corrected chi connectivity index (χ3v) is 8.98. The quantitative estimate of drug-likeness (QED) is 0.280. The van der Waals surface area contributed by atoms with E-state index in [9.17, 15) is 9.18 Å². The molecular formula is C33H36ClFN4O. The number of nitrogens with zero attached hydrogens (tertiary/aromatic N) is 4. The summed E-state index contributed by atoms with van der Waals surface area (Å²) in [6.45, 7) is 6.17. The van der Waals surface area contributed by atoms with E-state index in [0.717, 1.165) is 75.4 Å². The molecule has 208 valence electrons. The third-order valence-electron chi connectivity index (χ3n) is 8.65. The van der Waals surface area contributed by atoms with E-state index in [1.165, 1.54) is 17.0 Å². The molecule has 2 fully saturated rings. The summed E-state index contributed by atoms with van der Waals surface area (Å²) >= 11 is 6.40. The zero-order chi connectivity index (χ0) is 27.6. The van der Waals surface area contributed by atoms with E-state index >= 15 is 0 Å². The average molecular weight is 559 g/mol. The SMILES string of the molecule is CN1CCN(C(=O)Cn2c(-c3ccccc3)c(CN3CCC(c4c(F)cccc4Cl)CC3)c3ccccc32)CC1. The molecule has 40 heavy (non-hydrogen) atoms. The summed E-state index contributed by atoms with van der Waals surface area (Å²) < 4.78 is 16.8. The van der Waals surface area contributed by atoms with Crippen molar-refractivity contribution in [3.05, 3.63) is 94.8 Å². The number of likely N-dealkylation sites (N-methyl/N-ethyl adjacent to an activating group) is 1. The second-order valence-electron chi connectivity index (χ2n) is 11.2. The maximum atomic E-state index is 14.6.